The lowest BCUT2D eigenvalue weighted by atomic mass is 10.2. The minimum atomic E-state index is 0. The third kappa shape index (κ3) is 5.66. The van der Waals surface area contributed by atoms with Crippen LogP contribution in [-0.2, 0) is 11.3 Å². The minimum Gasteiger partial charge on any atom is -0.376 e. The molecule has 0 saturated carbocycles. The van der Waals surface area contributed by atoms with Gasteiger partial charge in [0.05, 0.1) is 18.8 Å². The third-order valence-corrected chi connectivity index (χ3v) is 3.14. The Morgan fingerprint density at radius 1 is 1.55 bits per heavy atom. The lowest BCUT2D eigenvalue weighted by Crippen LogP contribution is -2.42. The number of aromatic nitrogens is 2. The zero-order valence-corrected chi connectivity index (χ0v) is 14.5. The monoisotopic (exact) mass is 393 g/mol. The van der Waals surface area contributed by atoms with Crippen LogP contribution in [0.5, 0.6) is 0 Å². The summed E-state index contributed by atoms with van der Waals surface area (Å²) < 4.78 is 7.49. The van der Waals surface area contributed by atoms with Gasteiger partial charge < -0.3 is 15.4 Å². The summed E-state index contributed by atoms with van der Waals surface area (Å²) >= 11 is 0. The van der Waals surface area contributed by atoms with Crippen LogP contribution in [0.15, 0.2) is 17.4 Å². The van der Waals surface area contributed by atoms with Gasteiger partial charge in [0.1, 0.15) is 0 Å². The second-order valence-corrected chi connectivity index (χ2v) is 4.80. The molecule has 114 valence electrons. The topological polar surface area (TPSA) is 63.5 Å². The molecule has 0 bridgehead atoms. The quantitative estimate of drug-likeness (QED) is 0.448. The van der Waals surface area contributed by atoms with E-state index in [2.05, 4.69) is 20.7 Å². The number of nitrogens with one attached hydrogen (secondary N) is 2. The molecule has 7 heteroatoms. The highest BCUT2D eigenvalue weighted by Crippen LogP contribution is 2.10. The summed E-state index contributed by atoms with van der Waals surface area (Å²) in [6, 6.07) is 0. The molecule has 2 rings (SSSR count). The summed E-state index contributed by atoms with van der Waals surface area (Å²) in [5.74, 6) is 0.819. The molecule has 1 atom stereocenters. The lowest BCUT2D eigenvalue weighted by Gasteiger charge is -2.15. The molecule has 1 fully saturated rings. The number of guanidine groups is 1. The van der Waals surface area contributed by atoms with E-state index in [0.29, 0.717) is 6.10 Å². The molecule has 1 aromatic heterocycles. The molecule has 6 nitrogen and oxygen atoms in total. The number of hydrogen-bond donors (Lipinski definition) is 2. The Balaban J connectivity index is 0.00000200. The summed E-state index contributed by atoms with van der Waals surface area (Å²) in [4.78, 5) is 4.19. The molecule has 0 aromatic carbocycles. The first-order chi connectivity index (χ1) is 9.28. The van der Waals surface area contributed by atoms with Crippen LogP contribution in [0.1, 0.15) is 18.4 Å². The summed E-state index contributed by atoms with van der Waals surface area (Å²) in [6.45, 7) is 5.37. The molecule has 2 N–H and O–H groups in total. The number of aliphatic imine (C=N–C) groups is 1. The Kier molecular flexibility index (Phi) is 7.90. The largest absolute Gasteiger partial charge is 0.376 e. The number of hydrogen-bond acceptors (Lipinski definition) is 3. The Morgan fingerprint density at radius 3 is 3.00 bits per heavy atom. The highest BCUT2D eigenvalue weighted by atomic mass is 127. The maximum atomic E-state index is 5.56. The van der Waals surface area contributed by atoms with Crippen LogP contribution in [0.25, 0.3) is 0 Å². The van der Waals surface area contributed by atoms with Crippen molar-refractivity contribution < 1.29 is 4.74 Å². The van der Waals surface area contributed by atoms with Crippen LogP contribution >= 0.6 is 24.0 Å². The third-order valence-electron chi connectivity index (χ3n) is 3.14. The molecule has 1 aromatic rings. The van der Waals surface area contributed by atoms with Crippen LogP contribution in [0.4, 0.5) is 0 Å². The molecule has 1 aliphatic rings. The van der Waals surface area contributed by atoms with E-state index in [0.717, 1.165) is 45.0 Å². The van der Waals surface area contributed by atoms with Gasteiger partial charge in [-0.3, -0.25) is 9.67 Å². The number of ether oxygens (including phenoxy) is 1. The van der Waals surface area contributed by atoms with E-state index in [9.17, 15) is 0 Å². The number of halogens is 1. The smallest absolute Gasteiger partial charge is 0.191 e. The molecule has 0 spiro atoms. The Labute approximate surface area is 137 Å². The average molecular weight is 393 g/mol. The van der Waals surface area contributed by atoms with Gasteiger partial charge in [-0.15, -0.1) is 24.0 Å². The van der Waals surface area contributed by atoms with Crippen molar-refractivity contribution in [1.29, 1.82) is 0 Å². The highest BCUT2D eigenvalue weighted by Gasteiger charge is 2.15. The van der Waals surface area contributed by atoms with Crippen molar-refractivity contribution in [2.45, 2.75) is 32.4 Å². The van der Waals surface area contributed by atoms with E-state index < -0.39 is 0 Å². The van der Waals surface area contributed by atoms with Crippen molar-refractivity contribution in [2.75, 3.05) is 26.7 Å². The maximum absolute atomic E-state index is 5.56. The van der Waals surface area contributed by atoms with E-state index in [-0.39, 0.29) is 24.0 Å². The van der Waals surface area contributed by atoms with Gasteiger partial charge in [0.15, 0.2) is 5.96 Å². The normalized spacial score (nSPS) is 18.7. The molecule has 1 saturated heterocycles. The van der Waals surface area contributed by atoms with Gasteiger partial charge in [0, 0.05) is 32.9 Å². The lowest BCUT2D eigenvalue weighted by molar-refractivity contribution is 0.114. The summed E-state index contributed by atoms with van der Waals surface area (Å²) in [7, 11) is 1.78. The van der Waals surface area contributed by atoms with Gasteiger partial charge in [-0.05, 0) is 25.3 Å². The Bertz CT molecular complexity index is 415. The summed E-state index contributed by atoms with van der Waals surface area (Å²) in [6.07, 6.45) is 6.52. The first kappa shape index (κ1) is 17.2. The SMILES string of the molecule is CN=C(NCCn1cc(C)cn1)NCC1CCCO1.I. The van der Waals surface area contributed by atoms with Crippen molar-refractivity contribution in [3.05, 3.63) is 18.0 Å². The zero-order chi connectivity index (χ0) is 13.5. The van der Waals surface area contributed by atoms with Gasteiger partial charge in [-0.1, -0.05) is 0 Å². The number of rotatable bonds is 5. The van der Waals surface area contributed by atoms with Crippen LogP contribution < -0.4 is 10.6 Å². The molecule has 1 aliphatic heterocycles. The van der Waals surface area contributed by atoms with E-state index in [1.807, 2.05) is 24.0 Å². The molecular weight excluding hydrogens is 369 g/mol. The van der Waals surface area contributed by atoms with Crippen molar-refractivity contribution >= 4 is 29.9 Å². The molecule has 2 heterocycles. The first-order valence-electron chi connectivity index (χ1n) is 6.83. The van der Waals surface area contributed by atoms with Crippen molar-refractivity contribution in [3.8, 4) is 0 Å². The van der Waals surface area contributed by atoms with Gasteiger partial charge in [-0.25, -0.2) is 0 Å². The first-order valence-corrected chi connectivity index (χ1v) is 6.83. The van der Waals surface area contributed by atoms with Gasteiger partial charge in [-0.2, -0.15) is 5.10 Å². The molecule has 0 radical (unpaired) electrons. The second kappa shape index (κ2) is 9.17. The van der Waals surface area contributed by atoms with Crippen LogP contribution in [0.2, 0.25) is 0 Å². The van der Waals surface area contributed by atoms with Gasteiger partial charge >= 0.3 is 0 Å². The summed E-state index contributed by atoms with van der Waals surface area (Å²) in [5, 5.41) is 10.8. The van der Waals surface area contributed by atoms with Crippen LogP contribution in [-0.4, -0.2) is 48.6 Å². The predicted molar refractivity (Wildman–Crippen MR) is 90.7 cm³/mol. The molecular formula is C13H24IN5O. The fraction of sp³-hybridized carbons (Fsp3) is 0.692. The highest BCUT2D eigenvalue weighted by molar-refractivity contribution is 14.0. The molecule has 1 unspecified atom stereocenters. The van der Waals surface area contributed by atoms with Gasteiger partial charge in [0.2, 0.25) is 0 Å². The zero-order valence-electron chi connectivity index (χ0n) is 12.1. The van der Waals surface area contributed by atoms with E-state index in [4.69, 9.17) is 4.74 Å². The van der Waals surface area contributed by atoms with Crippen molar-refractivity contribution in [2.24, 2.45) is 4.99 Å². The van der Waals surface area contributed by atoms with Crippen LogP contribution in [0, 0.1) is 6.92 Å². The van der Waals surface area contributed by atoms with E-state index >= 15 is 0 Å². The van der Waals surface area contributed by atoms with E-state index in [1.165, 1.54) is 5.56 Å². The predicted octanol–water partition coefficient (Wildman–Crippen LogP) is 1.15. The fourth-order valence-electron chi connectivity index (χ4n) is 2.11. The van der Waals surface area contributed by atoms with Crippen molar-refractivity contribution in [1.82, 2.24) is 20.4 Å². The van der Waals surface area contributed by atoms with Gasteiger partial charge in [0.25, 0.3) is 0 Å². The molecule has 0 amide bonds. The Hall–Kier alpha value is -0.830. The molecule has 0 aliphatic carbocycles. The van der Waals surface area contributed by atoms with Crippen LogP contribution in [0.3, 0.4) is 0 Å². The fourth-order valence-corrected chi connectivity index (χ4v) is 2.11. The Morgan fingerprint density at radius 2 is 2.40 bits per heavy atom. The summed E-state index contributed by atoms with van der Waals surface area (Å²) in [5.41, 5.74) is 1.18. The average Bonchev–Trinajstić information content (AvgIpc) is 3.05. The number of nitrogens with zero attached hydrogens (tertiary/aromatic N) is 3. The number of aryl methyl sites for hydroxylation is 1. The van der Waals surface area contributed by atoms with Crippen molar-refractivity contribution in [3.63, 3.8) is 0 Å². The minimum absolute atomic E-state index is 0. The molecule has 20 heavy (non-hydrogen) atoms. The maximum Gasteiger partial charge on any atom is 0.191 e. The van der Waals surface area contributed by atoms with E-state index in [1.54, 1.807) is 7.05 Å². The standard InChI is InChI=1S/C13H23N5O.HI/c1-11-8-17-18(10-11)6-5-15-13(14-2)16-9-12-4-3-7-19-12;/h8,10,12H,3-7,9H2,1-2H3,(H2,14,15,16);1H. The second-order valence-electron chi connectivity index (χ2n) is 4.80.